The fourth-order valence-electron chi connectivity index (χ4n) is 1.88. The zero-order valence-corrected chi connectivity index (χ0v) is 8.35. The Morgan fingerprint density at radius 2 is 2.07 bits per heavy atom. The van der Waals surface area contributed by atoms with E-state index in [1.807, 2.05) is 6.07 Å². The number of benzene rings is 1. The molecule has 4 nitrogen and oxygen atoms in total. The van der Waals surface area contributed by atoms with Gasteiger partial charge < -0.3 is 14.2 Å². The van der Waals surface area contributed by atoms with Crippen LogP contribution in [0.15, 0.2) is 29.0 Å². The molecule has 1 aliphatic rings. The molecule has 1 aromatic carbocycles. The Labute approximate surface area is 87.4 Å². The molecule has 1 fully saturated rings. The molecule has 15 heavy (non-hydrogen) atoms. The molecule has 0 N–H and O–H groups in total. The quantitative estimate of drug-likeness (QED) is 0.708. The van der Waals surface area contributed by atoms with Gasteiger partial charge in [-0.2, -0.15) is 0 Å². The minimum absolute atomic E-state index is 0.807. The summed E-state index contributed by atoms with van der Waals surface area (Å²) in [6, 6.07) is 6.18. The maximum absolute atomic E-state index is 5.32. The Bertz CT molecular complexity index is 460. The average molecular weight is 204 g/mol. The van der Waals surface area contributed by atoms with E-state index in [1.165, 1.54) is 5.69 Å². The van der Waals surface area contributed by atoms with Gasteiger partial charge in [-0.15, -0.1) is 0 Å². The van der Waals surface area contributed by atoms with Gasteiger partial charge in [0.1, 0.15) is 11.8 Å². The van der Waals surface area contributed by atoms with Crippen molar-refractivity contribution in [1.82, 2.24) is 5.16 Å². The van der Waals surface area contributed by atoms with Gasteiger partial charge in [0.25, 0.3) is 0 Å². The first kappa shape index (κ1) is 8.73. The van der Waals surface area contributed by atoms with Crippen molar-refractivity contribution in [3.8, 4) is 0 Å². The number of morpholine rings is 1. The molecular formula is C11H12N2O2. The third-order valence-electron chi connectivity index (χ3n) is 2.72. The van der Waals surface area contributed by atoms with E-state index in [1.54, 1.807) is 6.26 Å². The Morgan fingerprint density at radius 1 is 1.20 bits per heavy atom. The van der Waals surface area contributed by atoms with E-state index in [9.17, 15) is 0 Å². The largest absolute Gasteiger partial charge is 0.378 e. The fourth-order valence-corrected chi connectivity index (χ4v) is 1.88. The second-order valence-corrected chi connectivity index (χ2v) is 3.66. The third kappa shape index (κ3) is 1.57. The lowest BCUT2D eigenvalue weighted by Gasteiger charge is -2.28. The van der Waals surface area contributed by atoms with Crippen LogP contribution >= 0.6 is 0 Å². The number of aromatic nitrogens is 1. The monoisotopic (exact) mass is 204 g/mol. The predicted molar refractivity (Wildman–Crippen MR) is 57.0 cm³/mol. The molecule has 1 aromatic heterocycles. The van der Waals surface area contributed by atoms with Gasteiger partial charge in [0.05, 0.1) is 13.2 Å². The highest BCUT2D eigenvalue weighted by atomic mass is 16.5. The normalized spacial score (nSPS) is 17.2. The minimum atomic E-state index is 0.807. The van der Waals surface area contributed by atoms with Crippen molar-refractivity contribution in [3.63, 3.8) is 0 Å². The van der Waals surface area contributed by atoms with E-state index >= 15 is 0 Å². The van der Waals surface area contributed by atoms with Crippen LogP contribution < -0.4 is 4.90 Å². The summed E-state index contributed by atoms with van der Waals surface area (Å²) in [4.78, 5) is 2.32. The molecule has 0 amide bonds. The van der Waals surface area contributed by atoms with E-state index in [-0.39, 0.29) is 0 Å². The van der Waals surface area contributed by atoms with Crippen molar-refractivity contribution in [2.75, 3.05) is 31.2 Å². The molecule has 1 aliphatic heterocycles. The van der Waals surface area contributed by atoms with Crippen molar-refractivity contribution in [2.45, 2.75) is 0 Å². The van der Waals surface area contributed by atoms with Crippen LogP contribution in [0.3, 0.4) is 0 Å². The lowest BCUT2D eigenvalue weighted by Crippen LogP contribution is -2.36. The lowest BCUT2D eigenvalue weighted by molar-refractivity contribution is 0.122. The molecule has 0 saturated carbocycles. The highest BCUT2D eigenvalue weighted by molar-refractivity contribution is 5.81. The summed E-state index contributed by atoms with van der Waals surface area (Å²) in [6.45, 7) is 3.52. The molecule has 2 aromatic rings. The van der Waals surface area contributed by atoms with E-state index in [0.29, 0.717) is 0 Å². The number of hydrogen-bond acceptors (Lipinski definition) is 4. The lowest BCUT2D eigenvalue weighted by atomic mass is 10.2. The molecule has 0 radical (unpaired) electrons. The van der Waals surface area contributed by atoms with Gasteiger partial charge >= 0.3 is 0 Å². The number of nitrogens with zero attached hydrogens (tertiary/aromatic N) is 2. The average Bonchev–Trinajstić information content (AvgIpc) is 2.77. The highest BCUT2D eigenvalue weighted by Gasteiger charge is 2.11. The SMILES string of the molecule is c1cc2nocc2cc1N1CCOCC1. The molecule has 0 spiro atoms. The van der Waals surface area contributed by atoms with Crippen molar-refractivity contribution in [1.29, 1.82) is 0 Å². The Hall–Kier alpha value is -1.55. The second kappa shape index (κ2) is 3.55. The summed E-state index contributed by atoms with van der Waals surface area (Å²) >= 11 is 0. The molecule has 4 heteroatoms. The second-order valence-electron chi connectivity index (χ2n) is 3.66. The first-order valence-electron chi connectivity index (χ1n) is 5.10. The molecule has 3 rings (SSSR count). The molecular weight excluding hydrogens is 192 g/mol. The van der Waals surface area contributed by atoms with E-state index < -0.39 is 0 Å². The van der Waals surface area contributed by atoms with Crippen molar-refractivity contribution in [3.05, 3.63) is 24.5 Å². The Morgan fingerprint density at radius 3 is 2.93 bits per heavy atom. The van der Waals surface area contributed by atoms with Crippen LogP contribution in [0.1, 0.15) is 0 Å². The van der Waals surface area contributed by atoms with Gasteiger partial charge in [0.15, 0.2) is 0 Å². The number of ether oxygens (including phenoxy) is 1. The van der Waals surface area contributed by atoms with Gasteiger partial charge in [-0.25, -0.2) is 0 Å². The highest BCUT2D eigenvalue weighted by Crippen LogP contribution is 2.21. The van der Waals surface area contributed by atoms with Gasteiger partial charge in [-0.3, -0.25) is 0 Å². The number of rotatable bonds is 1. The zero-order chi connectivity index (χ0) is 10.1. The van der Waals surface area contributed by atoms with Crippen LogP contribution in [0.4, 0.5) is 5.69 Å². The van der Waals surface area contributed by atoms with E-state index in [2.05, 4.69) is 22.2 Å². The summed E-state index contributed by atoms with van der Waals surface area (Å²) in [5.41, 5.74) is 2.13. The summed E-state index contributed by atoms with van der Waals surface area (Å²) in [6.07, 6.45) is 1.68. The molecule has 0 bridgehead atoms. The van der Waals surface area contributed by atoms with Gasteiger partial charge in [-0.05, 0) is 18.2 Å². The van der Waals surface area contributed by atoms with Crippen LogP contribution in [-0.2, 0) is 4.74 Å². The summed E-state index contributed by atoms with van der Waals surface area (Å²) in [5.74, 6) is 0. The summed E-state index contributed by atoms with van der Waals surface area (Å²) < 4.78 is 10.2. The molecule has 0 atom stereocenters. The first-order valence-corrected chi connectivity index (χ1v) is 5.10. The van der Waals surface area contributed by atoms with Gasteiger partial charge in [0.2, 0.25) is 0 Å². The predicted octanol–water partition coefficient (Wildman–Crippen LogP) is 1.66. The van der Waals surface area contributed by atoms with Crippen LogP contribution in [-0.4, -0.2) is 31.5 Å². The van der Waals surface area contributed by atoms with Crippen LogP contribution in [0.5, 0.6) is 0 Å². The Balaban J connectivity index is 1.95. The number of anilines is 1. The molecule has 0 aliphatic carbocycles. The van der Waals surface area contributed by atoms with Gasteiger partial charge in [-0.1, -0.05) is 5.16 Å². The molecule has 2 heterocycles. The zero-order valence-electron chi connectivity index (χ0n) is 8.35. The van der Waals surface area contributed by atoms with Crippen molar-refractivity contribution < 1.29 is 9.26 Å². The smallest absolute Gasteiger partial charge is 0.131 e. The maximum atomic E-state index is 5.32. The Kier molecular flexibility index (Phi) is 2.07. The van der Waals surface area contributed by atoms with Crippen molar-refractivity contribution in [2.24, 2.45) is 0 Å². The van der Waals surface area contributed by atoms with Crippen LogP contribution in [0.2, 0.25) is 0 Å². The van der Waals surface area contributed by atoms with Crippen LogP contribution in [0.25, 0.3) is 10.9 Å². The molecule has 1 saturated heterocycles. The van der Waals surface area contributed by atoms with E-state index in [0.717, 1.165) is 37.2 Å². The number of fused-ring (bicyclic) bond motifs is 1. The minimum Gasteiger partial charge on any atom is -0.378 e. The third-order valence-corrected chi connectivity index (χ3v) is 2.72. The maximum Gasteiger partial charge on any atom is 0.131 e. The summed E-state index contributed by atoms with van der Waals surface area (Å²) in [5, 5.41) is 4.94. The van der Waals surface area contributed by atoms with Crippen LogP contribution in [0, 0.1) is 0 Å². The molecule has 78 valence electrons. The van der Waals surface area contributed by atoms with Gasteiger partial charge in [0, 0.05) is 24.2 Å². The standard InChI is InChI=1S/C11H12N2O2/c1-2-11-9(8-15-12-11)7-10(1)13-3-5-14-6-4-13/h1-2,7-8H,3-6H2. The van der Waals surface area contributed by atoms with Crippen molar-refractivity contribution >= 4 is 16.6 Å². The molecule has 0 unspecified atom stereocenters. The topological polar surface area (TPSA) is 38.5 Å². The first-order chi connectivity index (χ1) is 7.43. The van der Waals surface area contributed by atoms with E-state index in [4.69, 9.17) is 9.26 Å². The summed E-state index contributed by atoms with van der Waals surface area (Å²) in [7, 11) is 0. The number of hydrogen-bond donors (Lipinski definition) is 0. The fraction of sp³-hybridized carbons (Fsp3) is 0.364.